The molecule has 0 atom stereocenters. The highest BCUT2D eigenvalue weighted by Gasteiger charge is 2.08. The molecular weight excluding hydrogens is 280 g/mol. The van der Waals surface area contributed by atoms with Gasteiger partial charge < -0.3 is 5.32 Å². The maximum absolute atomic E-state index is 12.2. The van der Waals surface area contributed by atoms with Gasteiger partial charge >= 0.3 is 0 Å². The molecule has 6 nitrogen and oxygen atoms in total. The third kappa shape index (κ3) is 2.80. The van der Waals surface area contributed by atoms with E-state index in [2.05, 4.69) is 15.7 Å². The molecule has 0 unspecified atom stereocenters. The Hall–Kier alpha value is -3.15. The zero-order valence-corrected chi connectivity index (χ0v) is 11.9. The largest absolute Gasteiger partial charge is 0.326 e. The van der Waals surface area contributed by atoms with Gasteiger partial charge in [-0.1, -0.05) is 12.1 Å². The molecular formula is C16H14N4O2. The summed E-state index contributed by atoms with van der Waals surface area (Å²) in [4.78, 5) is 27.4. The number of fused-ring (bicyclic) bond motifs is 1. The molecule has 110 valence electrons. The summed E-state index contributed by atoms with van der Waals surface area (Å²) in [6.45, 7) is 1.44. The Morgan fingerprint density at radius 3 is 2.50 bits per heavy atom. The number of benzene rings is 2. The molecule has 0 fully saturated rings. The summed E-state index contributed by atoms with van der Waals surface area (Å²) in [5.41, 5.74) is 5.55. The number of nitrogens with one attached hydrogen (secondary N) is 2. The van der Waals surface area contributed by atoms with E-state index < -0.39 is 0 Å². The second-order valence-electron chi connectivity index (χ2n) is 4.80. The molecule has 0 radical (unpaired) electrons. The van der Waals surface area contributed by atoms with Crippen LogP contribution in [-0.2, 0) is 4.79 Å². The second kappa shape index (κ2) is 5.69. The number of carbonyl (C=O) groups excluding carboxylic acids is 2. The van der Waals surface area contributed by atoms with Crippen molar-refractivity contribution in [3.8, 4) is 0 Å². The van der Waals surface area contributed by atoms with E-state index in [1.807, 2.05) is 24.3 Å². The van der Waals surface area contributed by atoms with Crippen molar-refractivity contribution in [3.63, 3.8) is 0 Å². The highest BCUT2D eigenvalue weighted by molar-refractivity contribution is 6.01. The van der Waals surface area contributed by atoms with Crippen molar-refractivity contribution in [2.24, 2.45) is 0 Å². The average molecular weight is 294 g/mol. The van der Waals surface area contributed by atoms with Crippen molar-refractivity contribution in [1.82, 2.24) is 9.66 Å². The highest BCUT2D eigenvalue weighted by Crippen LogP contribution is 2.12. The third-order valence-corrected chi connectivity index (χ3v) is 3.14. The van der Waals surface area contributed by atoms with Gasteiger partial charge in [0, 0.05) is 18.2 Å². The maximum Gasteiger partial charge on any atom is 0.270 e. The zero-order valence-electron chi connectivity index (χ0n) is 11.9. The summed E-state index contributed by atoms with van der Waals surface area (Å²) in [5, 5.41) is 2.65. The molecule has 0 aliphatic rings. The molecule has 2 aromatic carbocycles. The number of imidazole rings is 1. The lowest BCUT2D eigenvalue weighted by Gasteiger charge is -2.08. The summed E-state index contributed by atoms with van der Waals surface area (Å²) in [5.74, 6) is -0.403. The molecule has 1 aromatic heterocycles. The van der Waals surface area contributed by atoms with Gasteiger partial charge in [-0.2, -0.15) is 0 Å². The van der Waals surface area contributed by atoms with Crippen LogP contribution in [0.5, 0.6) is 0 Å². The Morgan fingerprint density at radius 1 is 1.05 bits per heavy atom. The molecule has 0 saturated carbocycles. The molecule has 3 rings (SSSR count). The van der Waals surface area contributed by atoms with Crippen LogP contribution in [0.15, 0.2) is 54.9 Å². The van der Waals surface area contributed by atoms with E-state index in [-0.39, 0.29) is 11.8 Å². The van der Waals surface area contributed by atoms with Gasteiger partial charge in [0.05, 0.1) is 11.0 Å². The number of rotatable bonds is 3. The van der Waals surface area contributed by atoms with Crippen molar-refractivity contribution < 1.29 is 9.59 Å². The van der Waals surface area contributed by atoms with Gasteiger partial charge in [0.25, 0.3) is 5.91 Å². The van der Waals surface area contributed by atoms with Crippen molar-refractivity contribution >= 4 is 28.5 Å². The standard InChI is InChI=1S/C16H14N4O2/c1-11(21)18-13-8-6-12(7-9-13)16(22)19-20-10-17-14-4-2-3-5-15(14)20/h2-10H,1H3,(H,18,21)(H,19,22). The van der Waals surface area contributed by atoms with Crippen molar-refractivity contribution in [1.29, 1.82) is 0 Å². The van der Waals surface area contributed by atoms with Crippen LogP contribution in [0.25, 0.3) is 11.0 Å². The predicted molar refractivity (Wildman–Crippen MR) is 84.2 cm³/mol. The predicted octanol–water partition coefficient (Wildman–Crippen LogP) is 2.38. The normalized spacial score (nSPS) is 10.4. The Bertz CT molecular complexity index is 837. The molecule has 0 bridgehead atoms. The molecule has 0 spiro atoms. The van der Waals surface area contributed by atoms with Crippen LogP contribution in [0.2, 0.25) is 0 Å². The summed E-state index contributed by atoms with van der Waals surface area (Å²) >= 11 is 0. The molecule has 1 heterocycles. The number of amides is 2. The number of para-hydroxylation sites is 2. The fourth-order valence-electron chi connectivity index (χ4n) is 2.13. The van der Waals surface area contributed by atoms with Gasteiger partial charge in [0.15, 0.2) is 0 Å². The maximum atomic E-state index is 12.2. The summed E-state index contributed by atoms with van der Waals surface area (Å²) in [6.07, 6.45) is 1.56. The lowest BCUT2D eigenvalue weighted by Crippen LogP contribution is -2.22. The topological polar surface area (TPSA) is 76.0 Å². The van der Waals surface area contributed by atoms with E-state index in [4.69, 9.17) is 0 Å². The van der Waals surface area contributed by atoms with Gasteiger partial charge in [-0.25, -0.2) is 9.66 Å². The zero-order chi connectivity index (χ0) is 15.5. The summed E-state index contributed by atoms with van der Waals surface area (Å²) < 4.78 is 1.58. The minimum atomic E-state index is -0.252. The first-order chi connectivity index (χ1) is 10.6. The van der Waals surface area contributed by atoms with Gasteiger partial charge in [-0.3, -0.25) is 15.0 Å². The second-order valence-corrected chi connectivity index (χ2v) is 4.80. The SMILES string of the molecule is CC(=O)Nc1ccc(C(=O)Nn2cnc3ccccc32)cc1. The monoisotopic (exact) mass is 294 g/mol. The van der Waals surface area contributed by atoms with E-state index in [1.165, 1.54) is 6.92 Å². The van der Waals surface area contributed by atoms with Gasteiger partial charge in [-0.15, -0.1) is 0 Å². The average Bonchev–Trinajstić information content (AvgIpc) is 2.91. The van der Waals surface area contributed by atoms with Crippen molar-refractivity contribution in [2.45, 2.75) is 6.92 Å². The number of aromatic nitrogens is 2. The number of hydrogen-bond acceptors (Lipinski definition) is 3. The Morgan fingerprint density at radius 2 is 1.77 bits per heavy atom. The van der Waals surface area contributed by atoms with E-state index in [9.17, 15) is 9.59 Å². The molecule has 6 heteroatoms. The number of carbonyl (C=O) groups is 2. The Balaban J connectivity index is 1.78. The number of hydrogen-bond donors (Lipinski definition) is 2. The van der Waals surface area contributed by atoms with E-state index in [1.54, 1.807) is 35.3 Å². The van der Waals surface area contributed by atoms with Crippen LogP contribution < -0.4 is 10.7 Å². The van der Waals surface area contributed by atoms with Crippen molar-refractivity contribution in [3.05, 3.63) is 60.4 Å². The van der Waals surface area contributed by atoms with Crippen LogP contribution in [0.1, 0.15) is 17.3 Å². The molecule has 3 aromatic rings. The quantitative estimate of drug-likeness (QED) is 0.778. The van der Waals surface area contributed by atoms with E-state index in [0.29, 0.717) is 11.3 Å². The van der Waals surface area contributed by atoms with Crippen LogP contribution in [0, 0.1) is 0 Å². The Labute approximate surface area is 126 Å². The molecule has 0 aliphatic heterocycles. The number of anilines is 1. The first-order valence-corrected chi connectivity index (χ1v) is 6.74. The molecule has 2 N–H and O–H groups in total. The fraction of sp³-hybridized carbons (Fsp3) is 0.0625. The minimum absolute atomic E-state index is 0.151. The van der Waals surface area contributed by atoms with Crippen LogP contribution >= 0.6 is 0 Å². The van der Waals surface area contributed by atoms with Gasteiger partial charge in [-0.05, 0) is 36.4 Å². The number of nitrogens with zero attached hydrogens (tertiary/aromatic N) is 2. The van der Waals surface area contributed by atoms with E-state index >= 15 is 0 Å². The molecule has 0 aliphatic carbocycles. The Kier molecular flexibility index (Phi) is 3.57. The summed E-state index contributed by atoms with van der Waals surface area (Å²) in [7, 11) is 0. The van der Waals surface area contributed by atoms with Crippen LogP contribution in [0.3, 0.4) is 0 Å². The van der Waals surface area contributed by atoms with Crippen LogP contribution in [0.4, 0.5) is 5.69 Å². The lowest BCUT2D eigenvalue weighted by molar-refractivity contribution is -0.114. The highest BCUT2D eigenvalue weighted by atomic mass is 16.2. The molecule has 22 heavy (non-hydrogen) atoms. The third-order valence-electron chi connectivity index (χ3n) is 3.14. The lowest BCUT2D eigenvalue weighted by atomic mass is 10.2. The minimum Gasteiger partial charge on any atom is -0.326 e. The smallest absolute Gasteiger partial charge is 0.270 e. The first-order valence-electron chi connectivity index (χ1n) is 6.74. The van der Waals surface area contributed by atoms with Gasteiger partial charge in [0.1, 0.15) is 6.33 Å². The molecule has 2 amide bonds. The van der Waals surface area contributed by atoms with Crippen molar-refractivity contribution in [2.75, 3.05) is 10.7 Å². The van der Waals surface area contributed by atoms with Gasteiger partial charge in [0.2, 0.25) is 5.91 Å². The first kappa shape index (κ1) is 13.8. The molecule has 0 saturated heterocycles. The van der Waals surface area contributed by atoms with Crippen LogP contribution in [-0.4, -0.2) is 21.5 Å². The summed E-state index contributed by atoms with van der Waals surface area (Å²) in [6, 6.07) is 14.2. The fourth-order valence-corrected chi connectivity index (χ4v) is 2.13. The van der Waals surface area contributed by atoms with E-state index in [0.717, 1.165) is 11.0 Å².